The van der Waals surface area contributed by atoms with Gasteiger partial charge in [0.1, 0.15) is 23.9 Å². The molecule has 1 unspecified atom stereocenters. The van der Waals surface area contributed by atoms with Gasteiger partial charge in [-0.25, -0.2) is 4.98 Å². The van der Waals surface area contributed by atoms with Crippen molar-refractivity contribution in [3.63, 3.8) is 0 Å². The number of benzene rings is 2. The molecule has 2 aromatic carbocycles. The first kappa shape index (κ1) is 27.1. The van der Waals surface area contributed by atoms with Gasteiger partial charge in [0, 0.05) is 50.2 Å². The van der Waals surface area contributed by atoms with E-state index in [1.165, 1.54) is 18.8 Å². The van der Waals surface area contributed by atoms with Crippen LogP contribution in [0.15, 0.2) is 60.9 Å². The number of nitrogens with zero attached hydrogens (tertiary/aromatic N) is 5. The molecule has 3 heterocycles. The molecule has 10 nitrogen and oxygen atoms in total. The molecule has 5 rings (SSSR count). The third-order valence-electron chi connectivity index (χ3n) is 7.38. The van der Waals surface area contributed by atoms with Crippen LogP contribution in [0.5, 0.6) is 5.75 Å². The third kappa shape index (κ3) is 6.06. The lowest BCUT2D eigenvalue weighted by atomic mass is 10.00. The summed E-state index contributed by atoms with van der Waals surface area (Å²) in [6, 6.07) is 17.2. The fourth-order valence-electron chi connectivity index (χ4n) is 5.38. The highest BCUT2D eigenvalue weighted by Gasteiger charge is 2.29. The average Bonchev–Trinajstić information content (AvgIpc) is 3.42. The predicted molar refractivity (Wildman–Crippen MR) is 152 cm³/mol. The van der Waals surface area contributed by atoms with Gasteiger partial charge in [0.25, 0.3) is 5.78 Å². The summed E-state index contributed by atoms with van der Waals surface area (Å²) in [6.07, 6.45) is 4.14. The number of methoxy groups -OCH3 is 1. The highest BCUT2D eigenvalue weighted by molar-refractivity contribution is 5.87. The molecule has 1 aliphatic heterocycles. The molecule has 2 aromatic heterocycles. The zero-order chi connectivity index (χ0) is 28.1. The molecular weight excluding hydrogens is 506 g/mol. The molecule has 0 spiro atoms. The molecule has 2 N–H and O–H groups in total. The van der Waals surface area contributed by atoms with Crippen LogP contribution in [-0.4, -0.2) is 63.7 Å². The molecule has 1 fully saturated rings. The molecule has 0 saturated carbocycles. The van der Waals surface area contributed by atoms with Crippen molar-refractivity contribution in [3.05, 3.63) is 83.3 Å². The summed E-state index contributed by atoms with van der Waals surface area (Å²) >= 11 is 0. The number of anilines is 1. The minimum Gasteiger partial charge on any atom is -0.496 e. The van der Waals surface area contributed by atoms with E-state index in [2.05, 4.69) is 37.7 Å². The van der Waals surface area contributed by atoms with E-state index in [-0.39, 0.29) is 17.9 Å². The second kappa shape index (κ2) is 12.1. The number of fused-ring (bicyclic) bond motifs is 1. The molecule has 1 atom stereocenters. The lowest BCUT2D eigenvalue weighted by Gasteiger charge is -2.35. The second-order valence-electron chi connectivity index (χ2n) is 10.2. The van der Waals surface area contributed by atoms with Crippen LogP contribution in [0.1, 0.15) is 42.1 Å². The van der Waals surface area contributed by atoms with Crippen molar-refractivity contribution < 1.29 is 14.3 Å². The van der Waals surface area contributed by atoms with E-state index in [1.807, 2.05) is 53.9 Å². The van der Waals surface area contributed by atoms with E-state index in [9.17, 15) is 9.59 Å². The van der Waals surface area contributed by atoms with Crippen LogP contribution in [0.2, 0.25) is 0 Å². The van der Waals surface area contributed by atoms with Gasteiger partial charge >= 0.3 is 0 Å². The number of nitrogens with one attached hydrogen (secondary N) is 2. The monoisotopic (exact) mass is 541 g/mol. The first-order valence-electron chi connectivity index (χ1n) is 13.6. The van der Waals surface area contributed by atoms with Crippen molar-refractivity contribution >= 4 is 23.4 Å². The first-order valence-corrected chi connectivity index (χ1v) is 13.6. The van der Waals surface area contributed by atoms with Crippen molar-refractivity contribution in [3.8, 4) is 5.75 Å². The number of rotatable bonds is 9. The van der Waals surface area contributed by atoms with Gasteiger partial charge in [0.2, 0.25) is 11.8 Å². The highest BCUT2D eigenvalue weighted by atomic mass is 16.5. The van der Waals surface area contributed by atoms with Crippen molar-refractivity contribution in [2.75, 3.05) is 25.1 Å². The number of carbonyl (C=O) groups excluding carboxylic acids is 2. The van der Waals surface area contributed by atoms with Crippen LogP contribution in [0.25, 0.3) is 5.78 Å². The van der Waals surface area contributed by atoms with Crippen molar-refractivity contribution in [2.24, 2.45) is 0 Å². The molecule has 0 radical (unpaired) electrons. The Bertz CT molecular complexity index is 1480. The first-order chi connectivity index (χ1) is 19.4. The van der Waals surface area contributed by atoms with E-state index < -0.39 is 6.04 Å². The van der Waals surface area contributed by atoms with Gasteiger partial charge in [-0.3, -0.25) is 9.59 Å². The SMILES string of the molecule is COc1ccccc1CC(NC(C)=O)C(=O)NC1CCN(c2c(Cc3ccccc3)c(C)nc3ncnn23)CC1. The Morgan fingerprint density at radius 2 is 1.80 bits per heavy atom. The minimum absolute atomic E-state index is 0.00979. The van der Waals surface area contributed by atoms with Gasteiger partial charge in [-0.2, -0.15) is 14.6 Å². The molecular formula is C30H35N7O3. The molecule has 4 aromatic rings. The standard InChI is InChI=1S/C30H35N7O3/c1-20-25(17-22-9-5-4-6-10-22)29(37-30(33-20)31-19-32-37)36-15-13-24(14-16-36)35-28(39)26(34-21(2)38)18-23-11-7-8-12-27(23)40-3/h4-12,19,24,26H,13-18H2,1-3H3,(H,34,38)(H,35,39). The summed E-state index contributed by atoms with van der Waals surface area (Å²) in [6.45, 7) is 4.92. The van der Waals surface area contributed by atoms with Crippen LogP contribution in [-0.2, 0) is 22.4 Å². The van der Waals surface area contributed by atoms with E-state index in [1.54, 1.807) is 7.11 Å². The van der Waals surface area contributed by atoms with Crippen LogP contribution in [0, 0.1) is 6.92 Å². The fraction of sp³-hybridized carbons (Fsp3) is 0.367. The lowest BCUT2D eigenvalue weighted by Crippen LogP contribution is -2.52. The largest absolute Gasteiger partial charge is 0.496 e. The number of piperidine rings is 1. The average molecular weight is 542 g/mol. The smallest absolute Gasteiger partial charge is 0.254 e. The van der Waals surface area contributed by atoms with Crippen LogP contribution >= 0.6 is 0 Å². The Morgan fingerprint density at radius 1 is 1.07 bits per heavy atom. The van der Waals surface area contributed by atoms with Gasteiger partial charge in [0.15, 0.2) is 0 Å². The highest BCUT2D eigenvalue weighted by Crippen LogP contribution is 2.29. The maximum atomic E-state index is 13.3. The number of carbonyl (C=O) groups is 2. The Labute approximate surface area is 233 Å². The Balaban J connectivity index is 1.30. The summed E-state index contributed by atoms with van der Waals surface area (Å²) in [5, 5.41) is 10.5. The maximum absolute atomic E-state index is 13.3. The zero-order valence-electron chi connectivity index (χ0n) is 23.1. The fourth-order valence-corrected chi connectivity index (χ4v) is 5.38. The summed E-state index contributed by atoms with van der Waals surface area (Å²) in [5.74, 6) is 1.83. The molecule has 0 aliphatic carbocycles. The van der Waals surface area contributed by atoms with Gasteiger partial charge in [-0.05, 0) is 37.0 Å². The second-order valence-corrected chi connectivity index (χ2v) is 10.2. The number of aryl methyl sites for hydroxylation is 1. The number of hydrogen-bond acceptors (Lipinski definition) is 7. The summed E-state index contributed by atoms with van der Waals surface area (Å²) in [7, 11) is 1.60. The molecule has 1 saturated heterocycles. The van der Waals surface area contributed by atoms with Gasteiger partial charge < -0.3 is 20.3 Å². The summed E-state index contributed by atoms with van der Waals surface area (Å²) in [5.41, 5.74) is 4.12. The van der Waals surface area contributed by atoms with E-state index in [0.29, 0.717) is 17.9 Å². The zero-order valence-corrected chi connectivity index (χ0v) is 23.1. The normalized spacial score (nSPS) is 14.6. The van der Waals surface area contributed by atoms with Gasteiger partial charge in [-0.1, -0.05) is 48.5 Å². The minimum atomic E-state index is -0.693. The van der Waals surface area contributed by atoms with Crippen molar-refractivity contribution in [1.29, 1.82) is 0 Å². The molecule has 2 amide bonds. The molecule has 40 heavy (non-hydrogen) atoms. The van der Waals surface area contributed by atoms with Crippen LogP contribution in [0.4, 0.5) is 5.82 Å². The number of para-hydroxylation sites is 1. The Kier molecular flexibility index (Phi) is 8.23. The number of ether oxygens (including phenoxy) is 1. The van der Waals surface area contributed by atoms with Crippen molar-refractivity contribution in [1.82, 2.24) is 30.2 Å². The van der Waals surface area contributed by atoms with E-state index in [0.717, 1.165) is 55.0 Å². The topological polar surface area (TPSA) is 114 Å². The number of aromatic nitrogens is 4. The molecule has 1 aliphatic rings. The third-order valence-corrected chi connectivity index (χ3v) is 7.38. The Hall–Kier alpha value is -4.47. The van der Waals surface area contributed by atoms with E-state index >= 15 is 0 Å². The van der Waals surface area contributed by atoms with Crippen molar-refractivity contribution in [2.45, 2.75) is 51.6 Å². The summed E-state index contributed by atoms with van der Waals surface area (Å²) in [4.78, 5) is 36.6. The maximum Gasteiger partial charge on any atom is 0.254 e. The predicted octanol–water partition coefficient (Wildman–Crippen LogP) is 2.86. The van der Waals surface area contributed by atoms with Gasteiger partial charge in [0.05, 0.1) is 7.11 Å². The molecule has 208 valence electrons. The number of hydrogen-bond donors (Lipinski definition) is 2. The lowest BCUT2D eigenvalue weighted by molar-refractivity contribution is -0.128. The molecule has 10 heteroatoms. The quantitative estimate of drug-likeness (QED) is 0.335. The van der Waals surface area contributed by atoms with Crippen LogP contribution < -0.4 is 20.3 Å². The van der Waals surface area contributed by atoms with Crippen LogP contribution in [0.3, 0.4) is 0 Å². The Morgan fingerprint density at radius 3 is 2.52 bits per heavy atom. The molecule has 0 bridgehead atoms. The van der Waals surface area contributed by atoms with Gasteiger partial charge in [-0.15, -0.1) is 0 Å². The number of amides is 2. The summed E-state index contributed by atoms with van der Waals surface area (Å²) < 4.78 is 7.27. The van der Waals surface area contributed by atoms with E-state index in [4.69, 9.17) is 9.72 Å².